The summed E-state index contributed by atoms with van der Waals surface area (Å²) in [6.07, 6.45) is 2.41. The maximum atomic E-state index is 6.14. The molecule has 0 saturated carbocycles. The quantitative estimate of drug-likeness (QED) is 0.808. The third kappa shape index (κ3) is 4.00. The van der Waals surface area contributed by atoms with Crippen molar-refractivity contribution >= 4 is 0 Å². The van der Waals surface area contributed by atoms with Crippen LogP contribution in [0.25, 0.3) is 0 Å². The lowest BCUT2D eigenvalue weighted by Gasteiger charge is -2.31. The van der Waals surface area contributed by atoms with Crippen LogP contribution in [-0.2, 0) is 0 Å². The lowest BCUT2D eigenvalue weighted by molar-refractivity contribution is 0.216. The van der Waals surface area contributed by atoms with Crippen molar-refractivity contribution in [1.29, 1.82) is 0 Å². The molecule has 1 rings (SSSR count). The van der Waals surface area contributed by atoms with E-state index in [0.717, 1.165) is 12.3 Å². The van der Waals surface area contributed by atoms with Crippen LogP contribution in [0.2, 0.25) is 0 Å². The molecule has 0 aliphatic carbocycles. The minimum Gasteiger partial charge on any atom is -0.497 e. The van der Waals surface area contributed by atoms with Crippen LogP contribution in [0.15, 0.2) is 24.3 Å². The standard InChI is InChI=1S/C15H26N2O/c1-5-6-11-17(3)15(12(2)16)13-7-9-14(18-4)10-8-13/h7-10,12,15H,5-6,11,16H2,1-4H3. The monoisotopic (exact) mass is 250 g/mol. The first-order chi connectivity index (χ1) is 8.60. The molecule has 3 heteroatoms. The number of likely N-dealkylation sites (N-methyl/N-ethyl adjacent to an activating group) is 1. The number of methoxy groups -OCH3 is 1. The summed E-state index contributed by atoms with van der Waals surface area (Å²) in [6.45, 7) is 5.36. The Morgan fingerprint density at radius 1 is 1.28 bits per heavy atom. The lowest BCUT2D eigenvalue weighted by Crippen LogP contribution is -2.37. The molecule has 1 aromatic rings. The molecule has 0 amide bonds. The molecular formula is C15H26N2O. The van der Waals surface area contributed by atoms with Gasteiger partial charge in [-0.05, 0) is 44.6 Å². The van der Waals surface area contributed by atoms with Gasteiger partial charge in [0.05, 0.1) is 7.11 Å². The number of hydrogen-bond acceptors (Lipinski definition) is 3. The van der Waals surface area contributed by atoms with Gasteiger partial charge in [0.15, 0.2) is 0 Å². The van der Waals surface area contributed by atoms with E-state index in [4.69, 9.17) is 10.5 Å². The Kier molecular flexibility index (Phi) is 6.16. The summed E-state index contributed by atoms with van der Waals surface area (Å²) >= 11 is 0. The van der Waals surface area contributed by atoms with E-state index in [1.165, 1.54) is 18.4 Å². The van der Waals surface area contributed by atoms with Crippen LogP contribution < -0.4 is 10.5 Å². The molecule has 1 aromatic carbocycles. The number of hydrogen-bond donors (Lipinski definition) is 1. The van der Waals surface area contributed by atoms with Crippen molar-refractivity contribution < 1.29 is 4.74 Å². The fourth-order valence-corrected chi connectivity index (χ4v) is 2.31. The zero-order valence-corrected chi connectivity index (χ0v) is 12.0. The van der Waals surface area contributed by atoms with Crippen LogP contribution in [0.3, 0.4) is 0 Å². The molecule has 0 heterocycles. The molecule has 0 fully saturated rings. The second-order valence-electron chi connectivity index (χ2n) is 4.91. The maximum absolute atomic E-state index is 6.14. The molecule has 102 valence electrons. The predicted molar refractivity (Wildman–Crippen MR) is 76.9 cm³/mol. The van der Waals surface area contributed by atoms with Crippen LogP contribution in [-0.4, -0.2) is 31.6 Å². The van der Waals surface area contributed by atoms with Gasteiger partial charge in [-0.15, -0.1) is 0 Å². The summed E-state index contributed by atoms with van der Waals surface area (Å²) in [4.78, 5) is 2.34. The van der Waals surface area contributed by atoms with Crippen LogP contribution >= 0.6 is 0 Å². The van der Waals surface area contributed by atoms with Crippen molar-refractivity contribution in [2.45, 2.75) is 38.8 Å². The molecule has 0 radical (unpaired) electrons. The van der Waals surface area contributed by atoms with Gasteiger partial charge in [-0.3, -0.25) is 4.90 Å². The molecule has 0 saturated heterocycles. The van der Waals surface area contributed by atoms with E-state index < -0.39 is 0 Å². The van der Waals surface area contributed by atoms with Crippen molar-refractivity contribution in [1.82, 2.24) is 4.90 Å². The molecule has 0 aliphatic rings. The molecule has 2 N–H and O–H groups in total. The Morgan fingerprint density at radius 3 is 2.33 bits per heavy atom. The predicted octanol–water partition coefficient (Wildman–Crippen LogP) is 2.82. The van der Waals surface area contributed by atoms with Gasteiger partial charge in [0.25, 0.3) is 0 Å². The van der Waals surface area contributed by atoms with Gasteiger partial charge in [-0.25, -0.2) is 0 Å². The molecular weight excluding hydrogens is 224 g/mol. The summed E-state index contributed by atoms with van der Waals surface area (Å²) in [5, 5.41) is 0. The van der Waals surface area contributed by atoms with Gasteiger partial charge >= 0.3 is 0 Å². The van der Waals surface area contributed by atoms with Crippen LogP contribution in [0, 0.1) is 0 Å². The molecule has 0 aromatic heterocycles. The van der Waals surface area contributed by atoms with Crippen LogP contribution in [0.4, 0.5) is 0 Å². The third-order valence-corrected chi connectivity index (χ3v) is 3.29. The SMILES string of the molecule is CCCCN(C)C(c1ccc(OC)cc1)C(C)N. The third-order valence-electron chi connectivity index (χ3n) is 3.29. The fraction of sp³-hybridized carbons (Fsp3) is 0.600. The minimum absolute atomic E-state index is 0.111. The summed E-state index contributed by atoms with van der Waals surface area (Å²) in [5.41, 5.74) is 7.39. The highest BCUT2D eigenvalue weighted by atomic mass is 16.5. The van der Waals surface area contributed by atoms with E-state index in [1.807, 2.05) is 12.1 Å². The first-order valence-corrected chi connectivity index (χ1v) is 6.70. The molecule has 0 spiro atoms. The second kappa shape index (κ2) is 7.39. The zero-order valence-electron chi connectivity index (χ0n) is 12.0. The molecule has 18 heavy (non-hydrogen) atoms. The average molecular weight is 250 g/mol. The summed E-state index contributed by atoms with van der Waals surface area (Å²) in [6, 6.07) is 8.59. The highest BCUT2D eigenvalue weighted by Gasteiger charge is 2.20. The van der Waals surface area contributed by atoms with Crippen molar-refractivity contribution in [2.24, 2.45) is 5.73 Å². The first kappa shape index (κ1) is 15.0. The molecule has 3 nitrogen and oxygen atoms in total. The van der Waals surface area contributed by atoms with E-state index in [2.05, 4.69) is 37.9 Å². The molecule has 2 atom stereocenters. The van der Waals surface area contributed by atoms with Crippen molar-refractivity contribution in [3.63, 3.8) is 0 Å². The van der Waals surface area contributed by atoms with E-state index in [-0.39, 0.29) is 12.1 Å². The van der Waals surface area contributed by atoms with Gasteiger partial charge in [0.2, 0.25) is 0 Å². The number of nitrogens with two attached hydrogens (primary N) is 1. The van der Waals surface area contributed by atoms with Crippen LogP contribution in [0.1, 0.15) is 38.3 Å². The maximum Gasteiger partial charge on any atom is 0.118 e. The Bertz CT molecular complexity index is 335. The van der Waals surface area contributed by atoms with Crippen molar-refractivity contribution in [3.8, 4) is 5.75 Å². The van der Waals surface area contributed by atoms with Gasteiger partial charge in [-0.1, -0.05) is 25.5 Å². The number of rotatable bonds is 7. The Labute approximate surface area is 111 Å². The average Bonchev–Trinajstić information content (AvgIpc) is 2.37. The van der Waals surface area contributed by atoms with E-state index in [1.54, 1.807) is 7.11 Å². The lowest BCUT2D eigenvalue weighted by atomic mass is 9.99. The van der Waals surface area contributed by atoms with Crippen molar-refractivity contribution in [2.75, 3.05) is 20.7 Å². The first-order valence-electron chi connectivity index (χ1n) is 6.70. The van der Waals surface area contributed by atoms with Gasteiger partial charge in [-0.2, -0.15) is 0 Å². The Hall–Kier alpha value is -1.06. The molecule has 2 unspecified atom stereocenters. The Balaban J connectivity index is 2.82. The number of unbranched alkanes of at least 4 members (excludes halogenated alkanes) is 1. The highest BCUT2D eigenvalue weighted by Crippen LogP contribution is 2.24. The topological polar surface area (TPSA) is 38.5 Å². The normalized spacial score (nSPS) is 14.6. The van der Waals surface area contributed by atoms with E-state index in [0.29, 0.717) is 0 Å². The fourth-order valence-electron chi connectivity index (χ4n) is 2.31. The summed E-state index contributed by atoms with van der Waals surface area (Å²) < 4.78 is 5.19. The Morgan fingerprint density at radius 2 is 1.89 bits per heavy atom. The summed E-state index contributed by atoms with van der Waals surface area (Å²) in [7, 11) is 3.83. The van der Waals surface area contributed by atoms with Crippen molar-refractivity contribution in [3.05, 3.63) is 29.8 Å². The van der Waals surface area contributed by atoms with Gasteiger partial charge < -0.3 is 10.5 Å². The van der Waals surface area contributed by atoms with Gasteiger partial charge in [0, 0.05) is 12.1 Å². The van der Waals surface area contributed by atoms with Gasteiger partial charge in [0.1, 0.15) is 5.75 Å². The molecule has 0 bridgehead atoms. The van der Waals surface area contributed by atoms with Crippen LogP contribution in [0.5, 0.6) is 5.75 Å². The smallest absolute Gasteiger partial charge is 0.118 e. The second-order valence-corrected chi connectivity index (χ2v) is 4.91. The number of benzene rings is 1. The molecule has 0 aliphatic heterocycles. The number of ether oxygens (including phenoxy) is 1. The summed E-state index contributed by atoms with van der Waals surface area (Å²) in [5.74, 6) is 0.887. The minimum atomic E-state index is 0.111. The van der Waals surface area contributed by atoms with E-state index in [9.17, 15) is 0 Å². The largest absolute Gasteiger partial charge is 0.497 e. The zero-order chi connectivity index (χ0) is 13.5. The highest BCUT2D eigenvalue weighted by molar-refractivity contribution is 5.29. The number of nitrogens with zero attached hydrogens (tertiary/aromatic N) is 1. The van der Waals surface area contributed by atoms with E-state index >= 15 is 0 Å².